The van der Waals surface area contributed by atoms with Crippen molar-refractivity contribution >= 4 is 23.3 Å². The van der Waals surface area contributed by atoms with Crippen molar-refractivity contribution in [2.45, 2.75) is 37.8 Å². The van der Waals surface area contributed by atoms with E-state index in [9.17, 15) is 9.18 Å². The maximum Gasteiger partial charge on any atom is 0.408 e. The summed E-state index contributed by atoms with van der Waals surface area (Å²) in [5, 5.41) is 7.33. The number of ether oxygens (including phenoxy) is 1. The average molecular weight is 467 g/mol. The summed E-state index contributed by atoms with van der Waals surface area (Å²) in [5.74, 6) is -0.148. The Labute approximate surface area is 196 Å². The van der Waals surface area contributed by atoms with E-state index in [-0.39, 0.29) is 18.3 Å². The van der Waals surface area contributed by atoms with Gasteiger partial charge in [-0.25, -0.2) is 18.7 Å². The predicted molar refractivity (Wildman–Crippen MR) is 124 cm³/mol. The Morgan fingerprint density at radius 1 is 1.15 bits per heavy atom. The van der Waals surface area contributed by atoms with Crippen molar-refractivity contribution in [2.24, 2.45) is 0 Å². The van der Waals surface area contributed by atoms with Crippen molar-refractivity contribution in [3.05, 3.63) is 101 Å². The number of hydrogen-bond donors (Lipinski definition) is 1. The maximum atomic E-state index is 13.5. The van der Waals surface area contributed by atoms with Crippen LogP contribution in [-0.4, -0.2) is 20.7 Å². The van der Waals surface area contributed by atoms with E-state index in [0.717, 1.165) is 16.7 Å². The lowest BCUT2D eigenvalue weighted by molar-refractivity contribution is 0.133. The number of rotatable bonds is 8. The Hall–Kier alpha value is -3.45. The van der Waals surface area contributed by atoms with Gasteiger partial charge in [0.15, 0.2) is 5.65 Å². The zero-order valence-corrected chi connectivity index (χ0v) is 18.9. The number of nitrogens with one attached hydrogen (secondary N) is 1. The van der Waals surface area contributed by atoms with Gasteiger partial charge >= 0.3 is 6.09 Å². The molecular weight excluding hydrogens is 443 g/mol. The quantitative estimate of drug-likeness (QED) is 0.335. The molecule has 8 heteroatoms. The van der Waals surface area contributed by atoms with Crippen molar-refractivity contribution in [3.63, 3.8) is 0 Å². The molecule has 0 unspecified atom stereocenters. The molecule has 0 radical (unpaired) electrons. The van der Waals surface area contributed by atoms with Crippen LogP contribution < -0.4 is 5.32 Å². The topological polar surface area (TPSA) is 68.5 Å². The van der Waals surface area contributed by atoms with Gasteiger partial charge in [-0.2, -0.15) is 5.10 Å². The van der Waals surface area contributed by atoms with Crippen LogP contribution in [0.1, 0.15) is 47.7 Å². The van der Waals surface area contributed by atoms with E-state index in [0.29, 0.717) is 23.6 Å². The molecule has 2 heterocycles. The van der Waals surface area contributed by atoms with E-state index >= 15 is 0 Å². The van der Waals surface area contributed by atoms with E-state index in [1.807, 2.05) is 43.3 Å². The molecule has 4 aromatic rings. The zero-order valence-electron chi connectivity index (χ0n) is 18.1. The number of carbonyl (C=O) groups is 1. The van der Waals surface area contributed by atoms with Crippen LogP contribution in [0, 0.1) is 5.82 Å². The summed E-state index contributed by atoms with van der Waals surface area (Å²) in [6.45, 7) is 2.16. The van der Waals surface area contributed by atoms with E-state index in [2.05, 4.69) is 10.4 Å². The van der Waals surface area contributed by atoms with E-state index in [1.165, 1.54) is 12.1 Å². The van der Waals surface area contributed by atoms with Crippen molar-refractivity contribution < 1.29 is 13.9 Å². The standard InChI is InChI=1S/C25H24ClFN4O2/c1-2-21(19-8-10-20(27)11-9-19)24(30-25(32)33-16-17-6-4-3-5-7-17)22-15-31-23(29-22)12-18(13-26)14-28-31/h3-12,14-15,21,24H,2,13,16H2,1H3,(H,30,32)/t21-,24-/m0/s1. The monoisotopic (exact) mass is 466 g/mol. The summed E-state index contributed by atoms with van der Waals surface area (Å²) in [7, 11) is 0. The molecule has 2 aromatic heterocycles. The van der Waals surface area contributed by atoms with E-state index in [4.69, 9.17) is 21.3 Å². The van der Waals surface area contributed by atoms with Crippen molar-refractivity contribution in [1.29, 1.82) is 0 Å². The van der Waals surface area contributed by atoms with Crippen LogP contribution in [0.4, 0.5) is 9.18 Å². The summed E-state index contributed by atoms with van der Waals surface area (Å²) in [6, 6.07) is 17.1. The smallest absolute Gasteiger partial charge is 0.408 e. The van der Waals surface area contributed by atoms with Crippen LogP contribution in [0.2, 0.25) is 0 Å². The third kappa shape index (κ3) is 5.49. The van der Waals surface area contributed by atoms with Crippen LogP contribution in [0.25, 0.3) is 5.65 Å². The summed E-state index contributed by atoms with van der Waals surface area (Å²) in [5.41, 5.74) is 3.88. The number of halogens is 2. The first-order chi connectivity index (χ1) is 16.1. The first-order valence-corrected chi connectivity index (χ1v) is 11.2. The number of imidazole rings is 1. The number of alkyl halides is 1. The highest BCUT2D eigenvalue weighted by Gasteiger charge is 2.28. The summed E-state index contributed by atoms with van der Waals surface area (Å²) in [4.78, 5) is 17.5. The molecule has 33 heavy (non-hydrogen) atoms. The second kappa shape index (κ2) is 10.4. The second-order valence-electron chi connectivity index (χ2n) is 7.72. The first-order valence-electron chi connectivity index (χ1n) is 10.7. The molecule has 0 spiro atoms. The van der Waals surface area contributed by atoms with Gasteiger partial charge in [-0.05, 0) is 41.3 Å². The lowest BCUT2D eigenvalue weighted by Gasteiger charge is -2.26. The number of hydrogen-bond acceptors (Lipinski definition) is 4. The molecule has 6 nitrogen and oxygen atoms in total. The Kier molecular flexibility index (Phi) is 7.19. The average Bonchev–Trinajstić information content (AvgIpc) is 3.27. The van der Waals surface area contributed by atoms with Gasteiger partial charge < -0.3 is 10.1 Å². The zero-order chi connectivity index (χ0) is 23.2. The van der Waals surface area contributed by atoms with Gasteiger partial charge in [0, 0.05) is 11.8 Å². The molecule has 0 aliphatic heterocycles. The lowest BCUT2D eigenvalue weighted by atomic mass is 9.87. The van der Waals surface area contributed by atoms with E-state index in [1.54, 1.807) is 29.0 Å². The third-order valence-electron chi connectivity index (χ3n) is 5.49. The van der Waals surface area contributed by atoms with Gasteiger partial charge in [0.25, 0.3) is 0 Å². The molecule has 0 aliphatic carbocycles. The van der Waals surface area contributed by atoms with Crippen LogP contribution in [-0.2, 0) is 17.2 Å². The molecule has 0 fully saturated rings. The normalized spacial score (nSPS) is 12.9. The number of alkyl carbamates (subject to hydrolysis) is 1. The van der Waals surface area contributed by atoms with Crippen molar-refractivity contribution in [3.8, 4) is 0 Å². The Morgan fingerprint density at radius 3 is 2.61 bits per heavy atom. The molecule has 0 bridgehead atoms. The fourth-order valence-electron chi connectivity index (χ4n) is 3.80. The highest BCUT2D eigenvalue weighted by atomic mass is 35.5. The van der Waals surface area contributed by atoms with Gasteiger partial charge in [-0.1, -0.05) is 49.4 Å². The van der Waals surface area contributed by atoms with Crippen molar-refractivity contribution in [1.82, 2.24) is 19.9 Å². The number of benzene rings is 2. The molecule has 2 atom stereocenters. The third-order valence-corrected chi connectivity index (χ3v) is 5.80. The highest BCUT2D eigenvalue weighted by Crippen LogP contribution is 2.34. The predicted octanol–water partition coefficient (Wildman–Crippen LogP) is 5.77. The molecule has 2 aromatic carbocycles. The minimum absolute atomic E-state index is 0.151. The summed E-state index contributed by atoms with van der Waals surface area (Å²) >= 11 is 5.94. The molecule has 0 aliphatic rings. The van der Waals surface area contributed by atoms with Gasteiger partial charge in [-0.3, -0.25) is 0 Å². The van der Waals surface area contributed by atoms with Crippen LogP contribution in [0.15, 0.2) is 73.1 Å². The molecule has 0 saturated carbocycles. The molecule has 0 saturated heterocycles. The molecule has 170 valence electrons. The lowest BCUT2D eigenvalue weighted by Crippen LogP contribution is -2.33. The van der Waals surface area contributed by atoms with Crippen LogP contribution in [0.5, 0.6) is 0 Å². The van der Waals surface area contributed by atoms with Gasteiger partial charge in [0.05, 0.1) is 24.1 Å². The Morgan fingerprint density at radius 2 is 1.91 bits per heavy atom. The minimum atomic E-state index is -0.559. The number of carbonyl (C=O) groups excluding carboxylic acids is 1. The largest absolute Gasteiger partial charge is 0.445 e. The van der Waals surface area contributed by atoms with Crippen molar-refractivity contribution in [2.75, 3.05) is 0 Å². The second-order valence-corrected chi connectivity index (χ2v) is 7.98. The molecule has 1 N–H and O–H groups in total. The molecular formula is C25H24ClFN4O2. The number of amides is 1. The van der Waals surface area contributed by atoms with E-state index < -0.39 is 12.1 Å². The maximum absolute atomic E-state index is 13.5. The minimum Gasteiger partial charge on any atom is -0.445 e. The Balaban J connectivity index is 1.63. The summed E-state index contributed by atoms with van der Waals surface area (Å²) in [6.07, 6.45) is 3.58. The number of aromatic nitrogens is 3. The first kappa shape index (κ1) is 22.7. The Bertz CT molecular complexity index is 1210. The fraction of sp³-hybridized carbons (Fsp3) is 0.240. The SMILES string of the molecule is CC[C@@H](c1ccc(F)cc1)[C@H](NC(=O)OCc1ccccc1)c1cn2ncc(CCl)cc2n1. The molecule has 4 rings (SSSR count). The van der Waals surface area contributed by atoms with Crippen LogP contribution in [0.3, 0.4) is 0 Å². The van der Waals surface area contributed by atoms with Crippen LogP contribution >= 0.6 is 11.6 Å². The number of fused-ring (bicyclic) bond motifs is 1. The molecule has 1 amide bonds. The summed E-state index contributed by atoms with van der Waals surface area (Å²) < 4.78 is 20.6. The highest BCUT2D eigenvalue weighted by molar-refractivity contribution is 6.17. The van der Waals surface area contributed by atoms with Gasteiger partial charge in [-0.15, -0.1) is 11.6 Å². The van der Waals surface area contributed by atoms with Gasteiger partial charge in [0.2, 0.25) is 0 Å². The fourth-order valence-corrected chi connectivity index (χ4v) is 3.95. The number of nitrogens with zero attached hydrogens (tertiary/aromatic N) is 3. The van der Waals surface area contributed by atoms with Gasteiger partial charge in [0.1, 0.15) is 12.4 Å².